The van der Waals surface area contributed by atoms with Gasteiger partial charge in [-0.15, -0.1) is 0 Å². The highest BCUT2D eigenvalue weighted by atomic mass is 16.4. The molecule has 3 atom stereocenters. The van der Waals surface area contributed by atoms with Gasteiger partial charge in [0.05, 0.1) is 6.04 Å². The van der Waals surface area contributed by atoms with E-state index in [0.29, 0.717) is 0 Å². The number of nitrogens with zero attached hydrogens (tertiary/aromatic N) is 2. The first-order valence-electron chi connectivity index (χ1n) is 4.53. The average molecular weight is 213 g/mol. The third-order valence-corrected chi connectivity index (χ3v) is 2.88. The molecule has 0 spiro atoms. The van der Waals surface area contributed by atoms with Gasteiger partial charge >= 0.3 is 5.97 Å². The Morgan fingerprint density at radius 2 is 2.13 bits per heavy atom. The second kappa shape index (κ2) is 2.93. The fourth-order valence-corrected chi connectivity index (χ4v) is 2.10. The highest BCUT2D eigenvalue weighted by molar-refractivity contribution is 5.96. The van der Waals surface area contributed by atoms with Gasteiger partial charge in [-0.1, -0.05) is 0 Å². The van der Waals surface area contributed by atoms with E-state index in [4.69, 9.17) is 10.8 Å². The molecule has 15 heavy (non-hydrogen) atoms. The molecule has 2 fully saturated rings. The molecular weight excluding hydrogens is 202 g/mol. The number of hydrogen-bond donors (Lipinski definition) is 2. The summed E-state index contributed by atoms with van der Waals surface area (Å²) in [6.07, 6.45) is -1.18. The SMILES string of the molecule is CC(=O)N1CC2[C@H](N)C(=O)N2C1C(=O)O. The zero-order valence-corrected chi connectivity index (χ0v) is 8.08. The largest absolute Gasteiger partial charge is 0.478 e. The zero-order chi connectivity index (χ0) is 11.3. The van der Waals surface area contributed by atoms with Crippen LogP contribution < -0.4 is 5.73 Å². The van der Waals surface area contributed by atoms with Crippen LogP contribution in [0.1, 0.15) is 6.92 Å². The first-order valence-corrected chi connectivity index (χ1v) is 4.53. The Kier molecular flexibility index (Phi) is 1.93. The van der Waals surface area contributed by atoms with Crippen LogP contribution in [0.4, 0.5) is 0 Å². The molecular formula is C8H11N3O4. The summed E-state index contributed by atoms with van der Waals surface area (Å²) < 4.78 is 0. The lowest BCUT2D eigenvalue weighted by atomic mass is 9.98. The fraction of sp³-hybridized carbons (Fsp3) is 0.625. The molecule has 0 saturated carbocycles. The maximum atomic E-state index is 11.3. The average Bonchev–Trinajstić information content (AvgIpc) is 2.53. The van der Waals surface area contributed by atoms with Gasteiger partial charge in [-0.2, -0.15) is 0 Å². The lowest BCUT2D eigenvalue weighted by Crippen LogP contribution is -2.69. The van der Waals surface area contributed by atoms with Crippen LogP contribution in [-0.2, 0) is 14.4 Å². The normalized spacial score (nSPS) is 33.7. The van der Waals surface area contributed by atoms with Gasteiger partial charge in [-0.25, -0.2) is 4.79 Å². The summed E-state index contributed by atoms with van der Waals surface area (Å²) >= 11 is 0. The van der Waals surface area contributed by atoms with E-state index >= 15 is 0 Å². The molecule has 2 aliphatic heterocycles. The lowest BCUT2D eigenvalue weighted by molar-refractivity contribution is -0.164. The number of carboxylic acid groups (broad SMARTS) is 1. The van der Waals surface area contributed by atoms with Crippen LogP contribution in [0, 0.1) is 0 Å². The third kappa shape index (κ3) is 1.13. The highest BCUT2D eigenvalue weighted by Gasteiger charge is 2.58. The summed E-state index contributed by atoms with van der Waals surface area (Å²) in [7, 11) is 0. The molecule has 3 N–H and O–H groups in total. The van der Waals surface area contributed by atoms with Gasteiger partial charge in [0.2, 0.25) is 18.0 Å². The number of rotatable bonds is 1. The maximum absolute atomic E-state index is 11.3. The summed E-state index contributed by atoms with van der Waals surface area (Å²) in [6.45, 7) is 1.48. The van der Waals surface area contributed by atoms with Gasteiger partial charge in [0, 0.05) is 13.5 Å². The number of hydrogen-bond acceptors (Lipinski definition) is 4. The van der Waals surface area contributed by atoms with E-state index in [1.54, 1.807) is 0 Å². The molecule has 0 aromatic heterocycles. The van der Waals surface area contributed by atoms with E-state index in [1.807, 2.05) is 0 Å². The van der Waals surface area contributed by atoms with Crippen LogP contribution in [0.25, 0.3) is 0 Å². The van der Waals surface area contributed by atoms with E-state index in [-0.39, 0.29) is 18.5 Å². The van der Waals surface area contributed by atoms with E-state index in [1.165, 1.54) is 6.92 Å². The Bertz CT molecular complexity index is 354. The fourth-order valence-electron chi connectivity index (χ4n) is 2.10. The number of aliphatic carboxylic acids is 1. The van der Waals surface area contributed by atoms with E-state index in [2.05, 4.69) is 0 Å². The summed E-state index contributed by atoms with van der Waals surface area (Å²) in [6, 6.07) is -1.02. The summed E-state index contributed by atoms with van der Waals surface area (Å²) in [4.78, 5) is 35.7. The van der Waals surface area contributed by atoms with Gasteiger partial charge in [0.25, 0.3) is 0 Å². The minimum absolute atomic E-state index is 0.208. The molecule has 0 aliphatic carbocycles. The molecule has 0 radical (unpaired) electrons. The second-order valence-corrected chi connectivity index (χ2v) is 3.72. The summed E-state index contributed by atoms with van der Waals surface area (Å²) in [5.74, 6) is -1.97. The third-order valence-electron chi connectivity index (χ3n) is 2.88. The monoisotopic (exact) mass is 213 g/mol. The highest BCUT2D eigenvalue weighted by Crippen LogP contribution is 2.31. The van der Waals surface area contributed by atoms with Crippen molar-refractivity contribution in [2.75, 3.05) is 6.54 Å². The topological polar surface area (TPSA) is 104 Å². The van der Waals surface area contributed by atoms with Crippen molar-refractivity contribution in [3.63, 3.8) is 0 Å². The quantitative estimate of drug-likeness (QED) is 0.481. The van der Waals surface area contributed by atoms with Crippen molar-refractivity contribution < 1.29 is 19.5 Å². The Hall–Kier alpha value is -1.63. The predicted octanol–water partition coefficient (Wildman–Crippen LogP) is -2.20. The second-order valence-electron chi connectivity index (χ2n) is 3.72. The van der Waals surface area contributed by atoms with Crippen molar-refractivity contribution in [3.8, 4) is 0 Å². The molecule has 0 aromatic carbocycles. The Morgan fingerprint density at radius 1 is 1.53 bits per heavy atom. The smallest absolute Gasteiger partial charge is 0.347 e. The number of nitrogens with two attached hydrogens (primary N) is 1. The molecule has 2 saturated heterocycles. The number of carbonyl (C=O) groups is 3. The number of fused-ring (bicyclic) bond motifs is 1. The Balaban J connectivity index is 2.28. The van der Waals surface area contributed by atoms with E-state index < -0.39 is 24.1 Å². The maximum Gasteiger partial charge on any atom is 0.347 e. The van der Waals surface area contributed by atoms with Crippen molar-refractivity contribution in [2.24, 2.45) is 5.73 Å². The molecule has 7 heteroatoms. The van der Waals surface area contributed by atoms with Gasteiger partial charge < -0.3 is 20.6 Å². The van der Waals surface area contributed by atoms with Crippen molar-refractivity contribution >= 4 is 17.8 Å². The van der Waals surface area contributed by atoms with E-state index in [9.17, 15) is 14.4 Å². The van der Waals surface area contributed by atoms with Crippen molar-refractivity contribution in [3.05, 3.63) is 0 Å². The zero-order valence-electron chi connectivity index (χ0n) is 8.08. The van der Waals surface area contributed by atoms with Gasteiger partial charge in [-0.05, 0) is 0 Å². The van der Waals surface area contributed by atoms with Crippen LogP contribution >= 0.6 is 0 Å². The number of β-lactam (4-membered cyclic amide) rings is 1. The van der Waals surface area contributed by atoms with Gasteiger partial charge in [-0.3, -0.25) is 9.59 Å². The van der Waals surface area contributed by atoms with E-state index in [0.717, 1.165) is 9.80 Å². The molecule has 2 amide bonds. The molecule has 2 rings (SSSR count). The van der Waals surface area contributed by atoms with Crippen molar-refractivity contribution in [2.45, 2.75) is 25.2 Å². The first kappa shape index (κ1) is 9.91. The number of carbonyl (C=O) groups excluding carboxylic acids is 2. The molecule has 2 unspecified atom stereocenters. The van der Waals surface area contributed by atoms with Gasteiger partial charge in [0.15, 0.2) is 0 Å². The minimum atomic E-state index is -1.20. The van der Waals surface area contributed by atoms with Crippen LogP contribution in [0.2, 0.25) is 0 Å². The van der Waals surface area contributed by atoms with Crippen molar-refractivity contribution in [1.82, 2.24) is 9.80 Å². The number of amides is 2. The summed E-state index contributed by atoms with van der Waals surface area (Å²) in [5.41, 5.74) is 5.51. The van der Waals surface area contributed by atoms with Crippen molar-refractivity contribution in [1.29, 1.82) is 0 Å². The van der Waals surface area contributed by atoms with Crippen LogP contribution in [-0.4, -0.2) is 57.5 Å². The lowest BCUT2D eigenvalue weighted by Gasteiger charge is -2.40. The summed E-state index contributed by atoms with van der Waals surface area (Å²) in [5, 5.41) is 8.93. The Morgan fingerprint density at radius 3 is 2.60 bits per heavy atom. The van der Waals surface area contributed by atoms with Crippen LogP contribution in [0.15, 0.2) is 0 Å². The molecule has 2 heterocycles. The van der Waals surface area contributed by atoms with Gasteiger partial charge in [0.1, 0.15) is 6.04 Å². The Labute approximate surface area is 85.4 Å². The van der Waals surface area contributed by atoms with Crippen LogP contribution in [0.3, 0.4) is 0 Å². The number of carboxylic acids is 1. The molecule has 0 bridgehead atoms. The standard InChI is InChI=1S/C8H11N3O4/c1-3(12)10-2-4-5(9)7(13)11(4)6(10)8(14)15/h4-6H,2,9H2,1H3,(H,14,15)/t4?,5-,6?/m0/s1. The minimum Gasteiger partial charge on any atom is -0.478 e. The van der Waals surface area contributed by atoms with Crippen LogP contribution in [0.5, 0.6) is 0 Å². The molecule has 2 aliphatic rings. The first-order chi connectivity index (χ1) is 6.95. The molecule has 7 nitrogen and oxygen atoms in total. The molecule has 0 aromatic rings. The predicted molar refractivity (Wildman–Crippen MR) is 47.4 cm³/mol. The molecule has 82 valence electrons.